The van der Waals surface area contributed by atoms with Crippen molar-refractivity contribution in [2.24, 2.45) is 5.92 Å². The average molecular weight is 330 g/mol. The topological polar surface area (TPSA) is 60.2 Å². The summed E-state index contributed by atoms with van der Waals surface area (Å²) in [5.74, 6) is 0.494. The molecule has 3 rings (SSSR count). The zero-order valence-electron chi connectivity index (χ0n) is 15.0. The number of hydrogen-bond acceptors (Lipinski definition) is 4. The van der Waals surface area contributed by atoms with Crippen molar-refractivity contribution in [1.29, 1.82) is 0 Å². The molecular formula is C18H26N4O2. The Morgan fingerprint density at radius 2 is 2.29 bits per heavy atom. The maximum Gasteiger partial charge on any atom is 0.254 e. The van der Waals surface area contributed by atoms with Crippen LogP contribution in [0.1, 0.15) is 49.3 Å². The second-order valence-electron chi connectivity index (χ2n) is 6.80. The standard InChI is InChI=1S/C18H26N4O2/c1-5-21(10-14-6-7-24-11-14)18(23)15-8-13(4)20-17-16(15)9-19-22(17)12(2)3/h8-9,12,14H,5-7,10-11H2,1-4H3/t14-/m1/s1. The van der Waals surface area contributed by atoms with E-state index in [-0.39, 0.29) is 11.9 Å². The zero-order valence-corrected chi connectivity index (χ0v) is 15.0. The summed E-state index contributed by atoms with van der Waals surface area (Å²) >= 11 is 0. The molecule has 0 aromatic carbocycles. The maximum atomic E-state index is 13.1. The first-order chi connectivity index (χ1) is 11.5. The van der Waals surface area contributed by atoms with Gasteiger partial charge in [-0.05, 0) is 40.2 Å². The summed E-state index contributed by atoms with van der Waals surface area (Å²) in [4.78, 5) is 19.6. The summed E-state index contributed by atoms with van der Waals surface area (Å²) < 4.78 is 7.32. The van der Waals surface area contributed by atoms with Crippen LogP contribution in [0.3, 0.4) is 0 Å². The molecule has 0 saturated carbocycles. The van der Waals surface area contributed by atoms with E-state index >= 15 is 0 Å². The third kappa shape index (κ3) is 3.15. The molecule has 1 aliphatic rings. The summed E-state index contributed by atoms with van der Waals surface area (Å²) in [7, 11) is 0. The minimum Gasteiger partial charge on any atom is -0.381 e. The van der Waals surface area contributed by atoms with Gasteiger partial charge in [-0.1, -0.05) is 0 Å². The SMILES string of the molecule is CCN(C[C@H]1CCOC1)C(=O)c1cc(C)nc2c1cnn2C(C)C. The van der Waals surface area contributed by atoms with E-state index in [0.29, 0.717) is 18.0 Å². The molecule has 6 heteroatoms. The molecule has 0 N–H and O–H groups in total. The first kappa shape index (κ1) is 16.9. The van der Waals surface area contributed by atoms with Gasteiger partial charge in [-0.15, -0.1) is 0 Å². The molecule has 1 atom stereocenters. The van der Waals surface area contributed by atoms with Crippen LogP contribution in [0.25, 0.3) is 11.0 Å². The molecule has 1 aliphatic heterocycles. The molecule has 3 heterocycles. The molecule has 0 aliphatic carbocycles. The third-order valence-corrected chi connectivity index (χ3v) is 4.59. The number of pyridine rings is 1. The van der Waals surface area contributed by atoms with Crippen molar-refractivity contribution in [1.82, 2.24) is 19.7 Å². The molecule has 1 fully saturated rings. The summed E-state index contributed by atoms with van der Waals surface area (Å²) in [6, 6.07) is 2.09. The molecule has 2 aromatic heterocycles. The largest absolute Gasteiger partial charge is 0.381 e. The van der Waals surface area contributed by atoms with Crippen molar-refractivity contribution in [3.8, 4) is 0 Å². The van der Waals surface area contributed by atoms with Gasteiger partial charge in [0.2, 0.25) is 0 Å². The van der Waals surface area contributed by atoms with Crippen molar-refractivity contribution in [2.45, 2.75) is 40.2 Å². The second-order valence-corrected chi connectivity index (χ2v) is 6.80. The van der Waals surface area contributed by atoms with E-state index in [1.54, 1.807) is 6.20 Å². The van der Waals surface area contributed by atoms with Crippen molar-refractivity contribution in [3.63, 3.8) is 0 Å². The number of rotatable bonds is 5. The van der Waals surface area contributed by atoms with Crippen molar-refractivity contribution in [3.05, 3.63) is 23.5 Å². The molecule has 24 heavy (non-hydrogen) atoms. The number of carbonyl (C=O) groups is 1. The normalized spacial score (nSPS) is 17.8. The predicted molar refractivity (Wildman–Crippen MR) is 93.2 cm³/mol. The summed E-state index contributed by atoms with van der Waals surface area (Å²) in [6.45, 7) is 11.1. The average Bonchev–Trinajstić information content (AvgIpc) is 3.20. The lowest BCUT2D eigenvalue weighted by Crippen LogP contribution is -2.35. The highest BCUT2D eigenvalue weighted by Crippen LogP contribution is 2.23. The third-order valence-electron chi connectivity index (χ3n) is 4.59. The molecule has 6 nitrogen and oxygen atoms in total. The fourth-order valence-electron chi connectivity index (χ4n) is 3.26. The molecule has 1 saturated heterocycles. The molecular weight excluding hydrogens is 304 g/mol. The Kier molecular flexibility index (Phi) is 4.85. The maximum absolute atomic E-state index is 13.1. The minimum absolute atomic E-state index is 0.0585. The lowest BCUT2D eigenvalue weighted by atomic mass is 10.1. The van der Waals surface area contributed by atoms with Crippen molar-refractivity contribution >= 4 is 16.9 Å². The number of carbonyl (C=O) groups excluding carboxylic acids is 1. The van der Waals surface area contributed by atoms with Crippen LogP contribution in [0, 0.1) is 12.8 Å². The van der Waals surface area contributed by atoms with E-state index < -0.39 is 0 Å². The highest BCUT2D eigenvalue weighted by Gasteiger charge is 2.25. The first-order valence-corrected chi connectivity index (χ1v) is 8.73. The molecule has 0 unspecified atom stereocenters. The summed E-state index contributed by atoms with van der Waals surface area (Å²) in [6.07, 6.45) is 2.79. The Bertz CT molecular complexity index is 732. The van der Waals surface area contributed by atoms with Gasteiger partial charge in [0, 0.05) is 37.4 Å². The van der Waals surface area contributed by atoms with Crippen LogP contribution in [-0.4, -0.2) is 51.9 Å². The van der Waals surface area contributed by atoms with E-state index in [1.165, 1.54) is 0 Å². The van der Waals surface area contributed by atoms with Gasteiger partial charge in [0.1, 0.15) is 0 Å². The molecule has 2 aromatic rings. The van der Waals surface area contributed by atoms with Crippen LogP contribution in [0.2, 0.25) is 0 Å². The van der Waals surface area contributed by atoms with Crippen LogP contribution < -0.4 is 0 Å². The van der Waals surface area contributed by atoms with Crippen molar-refractivity contribution < 1.29 is 9.53 Å². The van der Waals surface area contributed by atoms with Gasteiger partial charge in [-0.2, -0.15) is 5.10 Å². The number of amides is 1. The Hall–Kier alpha value is -1.95. The minimum atomic E-state index is 0.0585. The second kappa shape index (κ2) is 6.89. The van der Waals surface area contributed by atoms with E-state index in [9.17, 15) is 4.79 Å². The number of nitrogens with zero attached hydrogens (tertiary/aromatic N) is 4. The Morgan fingerprint density at radius 1 is 1.50 bits per heavy atom. The van der Waals surface area contributed by atoms with Gasteiger partial charge in [-0.3, -0.25) is 4.79 Å². The highest BCUT2D eigenvalue weighted by molar-refractivity contribution is 6.05. The van der Waals surface area contributed by atoms with Crippen LogP contribution in [0.4, 0.5) is 0 Å². The van der Waals surface area contributed by atoms with E-state index in [2.05, 4.69) is 23.9 Å². The summed E-state index contributed by atoms with van der Waals surface area (Å²) in [5, 5.41) is 5.26. The monoisotopic (exact) mass is 330 g/mol. The lowest BCUT2D eigenvalue weighted by Gasteiger charge is -2.24. The molecule has 0 bridgehead atoms. The number of hydrogen-bond donors (Lipinski definition) is 0. The van der Waals surface area contributed by atoms with Gasteiger partial charge >= 0.3 is 0 Å². The zero-order chi connectivity index (χ0) is 17.3. The van der Waals surface area contributed by atoms with Gasteiger partial charge in [0.05, 0.1) is 23.8 Å². The van der Waals surface area contributed by atoms with Crippen LogP contribution >= 0.6 is 0 Å². The fraction of sp³-hybridized carbons (Fsp3) is 0.611. The van der Waals surface area contributed by atoms with Crippen LogP contribution in [0.5, 0.6) is 0 Å². The van der Waals surface area contributed by atoms with Gasteiger partial charge in [0.15, 0.2) is 5.65 Å². The van der Waals surface area contributed by atoms with Gasteiger partial charge in [-0.25, -0.2) is 9.67 Å². The predicted octanol–water partition coefficient (Wildman–Crippen LogP) is 2.82. The van der Waals surface area contributed by atoms with Crippen LogP contribution in [0.15, 0.2) is 12.3 Å². The number of aromatic nitrogens is 3. The lowest BCUT2D eigenvalue weighted by molar-refractivity contribution is 0.0732. The quantitative estimate of drug-likeness (QED) is 0.846. The fourth-order valence-corrected chi connectivity index (χ4v) is 3.26. The Balaban J connectivity index is 1.96. The molecule has 1 amide bonds. The number of ether oxygens (including phenoxy) is 1. The van der Waals surface area contributed by atoms with E-state index in [4.69, 9.17) is 4.74 Å². The van der Waals surface area contributed by atoms with Gasteiger partial charge < -0.3 is 9.64 Å². The van der Waals surface area contributed by atoms with Gasteiger partial charge in [0.25, 0.3) is 5.91 Å². The molecule has 0 spiro atoms. The smallest absolute Gasteiger partial charge is 0.254 e. The van der Waals surface area contributed by atoms with E-state index in [1.807, 2.05) is 29.5 Å². The number of fused-ring (bicyclic) bond motifs is 1. The van der Waals surface area contributed by atoms with Crippen LogP contribution in [-0.2, 0) is 4.74 Å². The molecule has 130 valence electrons. The molecule has 0 radical (unpaired) electrons. The first-order valence-electron chi connectivity index (χ1n) is 8.73. The van der Waals surface area contributed by atoms with E-state index in [0.717, 1.165) is 42.9 Å². The highest BCUT2D eigenvalue weighted by atomic mass is 16.5. The van der Waals surface area contributed by atoms with Crippen molar-refractivity contribution in [2.75, 3.05) is 26.3 Å². The Morgan fingerprint density at radius 3 is 2.92 bits per heavy atom. The summed E-state index contributed by atoms with van der Waals surface area (Å²) in [5.41, 5.74) is 2.33. The number of aryl methyl sites for hydroxylation is 1. The Labute approximate surface area is 142 Å².